The Morgan fingerprint density at radius 1 is 1.33 bits per heavy atom. The molecule has 0 bridgehead atoms. The van der Waals surface area contributed by atoms with E-state index >= 15 is 0 Å². The summed E-state index contributed by atoms with van der Waals surface area (Å²) in [7, 11) is -1.61. The van der Waals surface area contributed by atoms with Crippen LogP contribution in [-0.2, 0) is 26.1 Å². The van der Waals surface area contributed by atoms with Gasteiger partial charge in [0.15, 0.2) is 8.32 Å². The molecule has 1 nitrogen and oxygen atoms in total. The van der Waals surface area contributed by atoms with E-state index in [1.807, 2.05) is 0 Å². The van der Waals surface area contributed by atoms with Gasteiger partial charge in [-0.05, 0) is 32.5 Å². The van der Waals surface area contributed by atoms with Crippen molar-refractivity contribution in [2.24, 2.45) is 0 Å². The first-order valence-electron chi connectivity index (χ1n) is 5.92. The summed E-state index contributed by atoms with van der Waals surface area (Å²) < 4.78 is 6.15. The van der Waals surface area contributed by atoms with Crippen LogP contribution < -0.4 is 0 Å². The Kier molecular flexibility index (Phi) is 14.3. The average Bonchev–Trinajstić information content (AvgIpc) is 2.54. The smallest absolute Gasteiger partial charge is 0.191 e. The van der Waals surface area contributed by atoms with Crippen molar-refractivity contribution in [1.29, 1.82) is 0 Å². The van der Waals surface area contributed by atoms with Crippen LogP contribution in [0.4, 0.5) is 0 Å². The van der Waals surface area contributed by atoms with Crippen LogP contribution in [0.5, 0.6) is 0 Å². The van der Waals surface area contributed by atoms with Crippen molar-refractivity contribution in [1.82, 2.24) is 0 Å². The molecule has 0 radical (unpaired) electrons. The monoisotopic (exact) mass is 343 g/mol. The summed E-state index contributed by atoms with van der Waals surface area (Å²) in [4.78, 5) is 0. The third-order valence-electron chi connectivity index (χ3n) is 2.88. The number of allylic oxidation sites excluding steroid dienone is 4. The molecule has 18 heavy (non-hydrogen) atoms. The number of hydrogen-bond acceptors (Lipinski definition) is 1. The number of hydrogen-bond donors (Lipinski definition) is 0. The first kappa shape index (κ1) is 24.0. The fraction of sp³-hybridized carbons (Fsp3) is 0.692. The quantitative estimate of drug-likeness (QED) is 0.508. The zero-order valence-electron chi connectivity index (χ0n) is 11.9. The fourth-order valence-corrected chi connectivity index (χ4v) is 5.75. The van der Waals surface area contributed by atoms with Crippen molar-refractivity contribution < 1.29 is 26.1 Å². The second kappa shape index (κ2) is 10.7. The molecule has 1 rings (SSSR count). The van der Waals surface area contributed by atoms with Gasteiger partial charge in [-0.25, -0.2) is 11.6 Å². The molecule has 0 spiro atoms. The van der Waals surface area contributed by atoms with Crippen LogP contribution in [0.1, 0.15) is 33.6 Å². The molecular weight excluding hydrogens is 319 g/mol. The average molecular weight is 344 g/mol. The molecule has 1 aliphatic rings. The summed E-state index contributed by atoms with van der Waals surface area (Å²) >= 11 is 0. The van der Waals surface area contributed by atoms with Crippen LogP contribution in [0.3, 0.4) is 0 Å². The summed E-state index contributed by atoms with van der Waals surface area (Å²) in [5.74, 6) is 0. The van der Waals surface area contributed by atoms with E-state index in [-0.39, 0.29) is 46.5 Å². The Bertz CT molecular complexity index is 278. The first-order chi connectivity index (χ1) is 6.97. The Labute approximate surface area is 141 Å². The Balaban J connectivity index is -0.000000750. The van der Waals surface area contributed by atoms with E-state index in [9.17, 15) is 0 Å². The third kappa shape index (κ3) is 6.93. The van der Waals surface area contributed by atoms with Crippen LogP contribution in [0.2, 0.25) is 18.6 Å². The zero-order valence-corrected chi connectivity index (χ0v) is 16.1. The molecule has 0 N–H and O–H groups in total. The van der Waals surface area contributed by atoms with Crippen molar-refractivity contribution in [2.45, 2.75) is 58.4 Å². The van der Waals surface area contributed by atoms with Gasteiger partial charge in [0.05, 0.1) is 0 Å². The van der Waals surface area contributed by atoms with Gasteiger partial charge in [0.2, 0.25) is 0 Å². The van der Waals surface area contributed by atoms with Gasteiger partial charge in [-0.2, -0.15) is 6.08 Å². The molecule has 0 aliphatic heterocycles. The van der Waals surface area contributed by atoms with Gasteiger partial charge >= 0.3 is 0 Å². The van der Waals surface area contributed by atoms with Gasteiger partial charge in [-0.3, -0.25) is 6.08 Å². The summed E-state index contributed by atoms with van der Waals surface area (Å²) in [6.45, 7) is 11.2. The van der Waals surface area contributed by atoms with E-state index in [0.717, 1.165) is 6.42 Å². The molecule has 0 fully saturated rings. The van der Waals surface area contributed by atoms with E-state index in [2.05, 4.69) is 52.1 Å². The largest absolute Gasteiger partial charge is 0.415 e. The maximum atomic E-state index is 6.15. The maximum absolute atomic E-state index is 6.15. The fourth-order valence-electron chi connectivity index (χ4n) is 2.44. The van der Waals surface area contributed by atoms with E-state index in [1.165, 1.54) is 12.0 Å². The summed E-state index contributed by atoms with van der Waals surface area (Å²) in [5, 5.41) is 0. The number of rotatable bonds is 5. The van der Waals surface area contributed by atoms with Gasteiger partial charge in [-0.15, -0.1) is 31.2 Å². The molecule has 0 heterocycles. The molecule has 0 aromatic heterocycles. The van der Waals surface area contributed by atoms with Gasteiger partial charge in [0.25, 0.3) is 0 Å². The summed E-state index contributed by atoms with van der Waals surface area (Å²) in [6, 6.07) is 0. The molecule has 0 amide bonds. The van der Waals surface area contributed by atoms with Crippen molar-refractivity contribution >= 4 is 33.1 Å². The zero-order chi connectivity index (χ0) is 11.5. The predicted molar refractivity (Wildman–Crippen MR) is 82.8 cm³/mol. The molecule has 1 unspecified atom stereocenters. The van der Waals surface area contributed by atoms with Crippen molar-refractivity contribution in [3.63, 3.8) is 0 Å². The van der Waals surface area contributed by atoms with Gasteiger partial charge < -0.3 is 4.43 Å². The normalized spacial score (nSPS) is 15.3. The SMILES string of the molecule is CCC(C1=[C-]CC=C1)[Si](C)(C)OC(C)C.Cl.Cl.[Ti]. The van der Waals surface area contributed by atoms with Crippen LogP contribution in [0, 0.1) is 6.08 Å². The minimum absolute atomic E-state index is 0. The molecular formula is C13H25Cl2OSiTi-. The minimum atomic E-state index is -1.61. The molecule has 1 atom stereocenters. The molecule has 0 saturated carbocycles. The topological polar surface area (TPSA) is 9.23 Å². The van der Waals surface area contributed by atoms with Crippen LogP contribution in [0.15, 0.2) is 17.7 Å². The van der Waals surface area contributed by atoms with Gasteiger partial charge in [0, 0.05) is 27.8 Å². The molecule has 106 valence electrons. The Hall–Kier alpha value is 0.951. The van der Waals surface area contributed by atoms with Gasteiger partial charge in [0.1, 0.15) is 0 Å². The third-order valence-corrected chi connectivity index (χ3v) is 6.36. The maximum Gasteiger partial charge on any atom is 0.191 e. The van der Waals surface area contributed by atoms with E-state index < -0.39 is 8.32 Å². The van der Waals surface area contributed by atoms with Crippen LogP contribution in [0.25, 0.3) is 0 Å². The van der Waals surface area contributed by atoms with Gasteiger partial charge in [-0.1, -0.05) is 13.3 Å². The summed E-state index contributed by atoms with van der Waals surface area (Å²) in [6.07, 6.45) is 10.4. The van der Waals surface area contributed by atoms with Crippen molar-refractivity contribution in [3.05, 3.63) is 23.8 Å². The molecule has 5 heteroatoms. The van der Waals surface area contributed by atoms with E-state index in [1.54, 1.807) is 0 Å². The van der Waals surface area contributed by atoms with E-state index in [4.69, 9.17) is 4.43 Å². The van der Waals surface area contributed by atoms with Crippen molar-refractivity contribution in [3.8, 4) is 0 Å². The minimum Gasteiger partial charge on any atom is -0.415 e. The van der Waals surface area contributed by atoms with Crippen molar-refractivity contribution in [2.75, 3.05) is 0 Å². The van der Waals surface area contributed by atoms with Crippen LogP contribution in [-0.4, -0.2) is 14.4 Å². The second-order valence-electron chi connectivity index (χ2n) is 4.97. The molecule has 0 saturated heterocycles. The number of halogens is 2. The van der Waals surface area contributed by atoms with Crippen LogP contribution >= 0.6 is 24.8 Å². The molecule has 0 aromatic carbocycles. The molecule has 1 aliphatic carbocycles. The first-order valence-corrected chi connectivity index (χ1v) is 8.91. The predicted octanol–water partition coefficient (Wildman–Crippen LogP) is 4.93. The molecule has 0 aromatic rings. The standard InChI is InChI=1S/C13H23OSi.2ClH.Ti/c1-6-13(12-9-7-8-10-12)15(4,5)14-11(2)3;;;/h7,9,11,13H,6,8H2,1-5H3;2*1H;/q-1;;;. The van der Waals surface area contributed by atoms with E-state index in [0.29, 0.717) is 11.6 Å². The second-order valence-corrected chi connectivity index (χ2v) is 9.11. The summed E-state index contributed by atoms with van der Waals surface area (Å²) in [5.41, 5.74) is 1.98. The Morgan fingerprint density at radius 2 is 1.89 bits per heavy atom. The Morgan fingerprint density at radius 3 is 2.22 bits per heavy atom.